The number of carbonyl (C=O) groups excluding carboxylic acids is 2. The van der Waals surface area contributed by atoms with Crippen LogP contribution in [0.1, 0.15) is 57.6 Å². The zero-order valence-corrected chi connectivity index (χ0v) is 25.4. The molecule has 0 heterocycles. The highest BCUT2D eigenvalue weighted by Crippen LogP contribution is 2.27. The molecule has 0 spiro atoms. The van der Waals surface area contributed by atoms with Crippen molar-refractivity contribution in [3.8, 4) is 5.75 Å². The largest absolute Gasteiger partial charge is 0.497 e. The van der Waals surface area contributed by atoms with Crippen molar-refractivity contribution in [2.45, 2.75) is 63.9 Å². The van der Waals surface area contributed by atoms with Crippen LogP contribution < -0.4 is 14.4 Å². The van der Waals surface area contributed by atoms with Gasteiger partial charge in [0.25, 0.3) is 10.0 Å². The minimum Gasteiger partial charge on any atom is -0.497 e. The van der Waals surface area contributed by atoms with Gasteiger partial charge in [-0.2, -0.15) is 0 Å². The van der Waals surface area contributed by atoms with Crippen molar-refractivity contribution >= 4 is 27.5 Å². The number of ether oxygens (including phenoxy) is 1. The molecule has 1 unspecified atom stereocenters. The normalized spacial score (nSPS) is 12.0. The van der Waals surface area contributed by atoms with E-state index in [1.165, 1.54) is 17.0 Å². The van der Waals surface area contributed by atoms with Crippen molar-refractivity contribution in [2.75, 3.05) is 24.5 Å². The second kappa shape index (κ2) is 14.7. The molecule has 3 aromatic carbocycles. The zero-order valence-electron chi connectivity index (χ0n) is 24.5. The number of nitrogens with one attached hydrogen (secondary N) is 1. The summed E-state index contributed by atoms with van der Waals surface area (Å²) in [7, 11) is -2.54. The van der Waals surface area contributed by atoms with Crippen molar-refractivity contribution in [1.29, 1.82) is 0 Å². The van der Waals surface area contributed by atoms with Crippen LogP contribution in [0.2, 0.25) is 0 Å². The minimum absolute atomic E-state index is 0.0767. The summed E-state index contributed by atoms with van der Waals surface area (Å²) in [6.45, 7) is 8.03. The molecule has 3 aromatic rings. The maximum atomic E-state index is 14.1. The van der Waals surface area contributed by atoms with Gasteiger partial charge in [0.05, 0.1) is 17.7 Å². The number of anilines is 1. The van der Waals surface area contributed by atoms with Gasteiger partial charge in [-0.3, -0.25) is 13.9 Å². The number of methoxy groups -OCH3 is 1. The number of hydrogen-bond donors (Lipinski definition) is 1. The number of benzene rings is 3. The molecule has 41 heavy (non-hydrogen) atoms. The van der Waals surface area contributed by atoms with Crippen LogP contribution in [-0.4, -0.2) is 51.4 Å². The summed E-state index contributed by atoms with van der Waals surface area (Å²) in [4.78, 5) is 28.9. The summed E-state index contributed by atoms with van der Waals surface area (Å²) >= 11 is 0. The molecule has 0 fully saturated rings. The Labute approximate surface area is 244 Å². The van der Waals surface area contributed by atoms with Gasteiger partial charge in [-0.25, -0.2) is 8.42 Å². The van der Waals surface area contributed by atoms with E-state index in [1.54, 1.807) is 49.6 Å². The lowest BCUT2D eigenvalue weighted by Gasteiger charge is -2.33. The van der Waals surface area contributed by atoms with Gasteiger partial charge in [-0.05, 0) is 66.3 Å². The highest BCUT2D eigenvalue weighted by molar-refractivity contribution is 7.92. The van der Waals surface area contributed by atoms with E-state index in [4.69, 9.17) is 4.74 Å². The third-order valence-corrected chi connectivity index (χ3v) is 8.67. The predicted molar refractivity (Wildman–Crippen MR) is 162 cm³/mol. The molecule has 9 heteroatoms. The average Bonchev–Trinajstić information content (AvgIpc) is 2.99. The lowest BCUT2D eigenvalue weighted by molar-refractivity contribution is -0.140. The minimum atomic E-state index is -4.10. The van der Waals surface area contributed by atoms with Crippen LogP contribution in [0.15, 0.2) is 83.8 Å². The first kappa shape index (κ1) is 31.7. The van der Waals surface area contributed by atoms with E-state index in [0.717, 1.165) is 21.9 Å². The molecule has 0 saturated carbocycles. The number of amides is 2. The van der Waals surface area contributed by atoms with Crippen LogP contribution in [-0.2, 0) is 26.2 Å². The Hall–Kier alpha value is -3.85. The fourth-order valence-electron chi connectivity index (χ4n) is 4.53. The molecule has 0 aromatic heterocycles. The molecule has 0 saturated heterocycles. The van der Waals surface area contributed by atoms with Gasteiger partial charge in [0, 0.05) is 13.1 Å². The van der Waals surface area contributed by atoms with Crippen LogP contribution in [0.3, 0.4) is 0 Å². The third kappa shape index (κ3) is 8.10. The molecule has 0 aliphatic rings. The molecule has 8 nitrogen and oxygen atoms in total. The van der Waals surface area contributed by atoms with E-state index in [1.807, 2.05) is 38.1 Å². The first-order valence-corrected chi connectivity index (χ1v) is 15.4. The van der Waals surface area contributed by atoms with Crippen LogP contribution in [0.4, 0.5) is 5.69 Å². The van der Waals surface area contributed by atoms with Crippen molar-refractivity contribution in [2.24, 2.45) is 0 Å². The Kier molecular flexibility index (Phi) is 11.3. The standard InChI is InChI=1S/C32H41N3O5S/c1-6-20-33-32(37)30(7-2)34(22-25-12-11-13-28(21-25)40-5)31(36)23-35(27-18-16-26(17-19-27)24(3)4)41(38,39)29-14-9-8-10-15-29/h8-19,21,24,30H,6-7,20,22-23H2,1-5H3,(H,33,37). The van der Waals surface area contributed by atoms with Gasteiger partial charge in [0.15, 0.2) is 0 Å². The summed E-state index contributed by atoms with van der Waals surface area (Å²) in [6, 6.07) is 21.7. The SMILES string of the molecule is CCCNC(=O)C(CC)N(Cc1cccc(OC)c1)C(=O)CN(c1ccc(C(C)C)cc1)S(=O)(=O)c1ccccc1. The Morgan fingerprint density at radius 3 is 2.20 bits per heavy atom. The Balaban J connectivity index is 2.06. The highest BCUT2D eigenvalue weighted by Gasteiger charge is 2.33. The number of sulfonamides is 1. The first-order valence-electron chi connectivity index (χ1n) is 14.0. The van der Waals surface area contributed by atoms with Crippen molar-refractivity contribution < 1.29 is 22.7 Å². The molecule has 220 valence electrons. The van der Waals surface area contributed by atoms with Gasteiger partial charge in [-0.15, -0.1) is 0 Å². The van der Waals surface area contributed by atoms with Crippen LogP contribution in [0.5, 0.6) is 5.75 Å². The second-order valence-corrected chi connectivity index (χ2v) is 12.0. The van der Waals surface area contributed by atoms with Crippen LogP contribution >= 0.6 is 0 Å². The molecule has 3 rings (SSSR count). The maximum absolute atomic E-state index is 14.1. The van der Waals surface area contributed by atoms with Gasteiger partial charge >= 0.3 is 0 Å². The Morgan fingerprint density at radius 2 is 1.61 bits per heavy atom. The quantitative estimate of drug-likeness (QED) is 0.278. The van der Waals surface area contributed by atoms with E-state index in [9.17, 15) is 18.0 Å². The van der Waals surface area contributed by atoms with E-state index in [0.29, 0.717) is 24.4 Å². The van der Waals surface area contributed by atoms with E-state index >= 15 is 0 Å². The summed E-state index contributed by atoms with van der Waals surface area (Å²) in [5, 5.41) is 2.90. The Morgan fingerprint density at radius 1 is 0.927 bits per heavy atom. The van der Waals surface area contributed by atoms with Crippen molar-refractivity contribution in [3.63, 3.8) is 0 Å². The van der Waals surface area contributed by atoms with Crippen LogP contribution in [0, 0.1) is 0 Å². The summed E-state index contributed by atoms with van der Waals surface area (Å²) in [5.41, 5.74) is 2.19. The van der Waals surface area contributed by atoms with E-state index < -0.39 is 28.5 Å². The molecular formula is C32H41N3O5S. The van der Waals surface area contributed by atoms with Crippen LogP contribution in [0.25, 0.3) is 0 Å². The smallest absolute Gasteiger partial charge is 0.264 e. The molecular weight excluding hydrogens is 538 g/mol. The van der Waals surface area contributed by atoms with Gasteiger partial charge < -0.3 is 15.0 Å². The third-order valence-electron chi connectivity index (χ3n) is 6.88. The number of rotatable bonds is 14. The van der Waals surface area contributed by atoms with E-state index in [2.05, 4.69) is 19.2 Å². The van der Waals surface area contributed by atoms with E-state index in [-0.39, 0.29) is 23.3 Å². The summed E-state index contributed by atoms with van der Waals surface area (Å²) in [6.07, 6.45) is 1.11. The summed E-state index contributed by atoms with van der Waals surface area (Å²) < 4.78 is 34.3. The molecule has 0 aliphatic carbocycles. The zero-order chi connectivity index (χ0) is 30.0. The lowest BCUT2D eigenvalue weighted by Crippen LogP contribution is -2.52. The fraction of sp³-hybridized carbons (Fsp3) is 0.375. The number of nitrogens with zero attached hydrogens (tertiary/aromatic N) is 2. The Bertz CT molecular complexity index is 1390. The molecule has 2 amide bonds. The van der Waals surface area contributed by atoms with Crippen molar-refractivity contribution in [3.05, 3.63) is 90.0 Å². The fourth-order valence-corrected chi connectivity index (χ4v) is 5.96. The summed E-state index contributed by atoms with van der Waals surface area (Å²) in [5.74, 6) is 0.121. The van der Waals surface area contributed by atoms with Gasteiger partial charge in [0.1, 0.15) is 18.3 Å². The van der Waals surface area contributed by atoms with Gasteiger partial charge in [-0.1, -0.05) is 70.2 Å². The first-order chi connectivity index (χ1) is 19.6. The average molecular weight is 580 g/mol. The molecule has 0 radical (unpaired) electrons. The topological polar surface area (TPSA) is 96.0 Å². The van der Waals surface area contributed by atoms with Gasteiger partial charge in [0.2, 0.25) is 11.8 Å². The second-order valence-electron chi connectivity index (χ2n) is 10.2. The number of hydrogen-bond acceptors (Lipinski definition) is 5. The van der Waals surface area contributed by atoms with Crippen molar-refractivity contribution in [1.82, 2.24) is 10.2 Å². The predicted octanol–water partition coefficient (Wildman–Crippen LogP) is 5.35. The monoisotopic (exact) mass is 579 g/mol. The lowest BCUT2D eigenvalue weighted by atomic mass is 10.0. The molecule has 0 aliphatic heterocycles. The molecule has 1 atom stereocenters. The highest BCUT2D eigenvalue weighted by atomic mass is 32.2. The molecule has 1 N–H and O–H groups in total. The maximum Gasteiger partial charge on any atom is 0.264 e. The molecule has 0 bridgehead atoms. The number of carbonyl (C=O) groups is 2.